The summed E-state index contributed by atoms with van der Waals surface area (Å²) >= 11 is 0. The third-order valence-electron chi connectivity index (χ3n) is 19.6. The Bertz CT molecular complexity index is 4160. The highest BCUT2D eigenvalue weighted by atomic mass is 16.3. The molecule has 2 fully saturated rings. The van der Waals surface area contributed by atoms with Crippen molar-refractivity contribution in [1.29, 1.82) is 0 Å². The van der Waals surface area contributed by atoms with Gasteiger partial charge in [-0.3, -0.25) is 0 Å². The Morgan fingerprint density at radius 2 is 1.10 bits per heavy atom. The summed E-state index contributed by atoms with van der Waals surface area (Å²) in [5.41, 5.74) is 16.8. The topological polar surface area (TPSA) is 32.8 Å². The molecular formula is C80H86N2O2. The minimum Gasteiger partial charge on any atom is -0.454 e. The molecule has 0 amide bonds. The number of fused-ring (bicyclic) bond motifs is 6. The number of nitrogens with zero attached hydrogens (tertiary/aromatic N) is 2. The first-order valence-corrected chi connectivity index (χ1v) is 32.8. The summed E-state index contributed by atoms with van der Waals surface area (Å²) in [6.45, 7) is 14.3. The highest BCUT2D eigenvalue weighted by Crippen LogP contribution is 2.50. The lowest BCUT2D eigenvalue weighted by Crippen LogP contribution is -2.17. The lowest BCUT2D eigenvalue weighted by molar-refractivity contribution is 0.442. The van der Waals surface area contributed by atoms with Crippen molar-refractivity contribution in [3.05, 3.63) is 197 Å². The van der Waals surface area contributed by atoms with Crippen molar-refractivity contribution < 1.29 is 8.83 Å². The average Bonchev–Trinajstić information content (AvgIpc) is 1.58. The molecule has 84 heavy (non-hydrogen) atoms. The van der Waals surface area contributed by atoms with Gasteiger partial charge < -0.3 is 18.6 Å². The Hall–Kier alpha value is -7.56. The number of benzene rings is 9. The second kappa shape index (κ2) is 25.0. The van der Waals surface area contributed by atoms with Crippen LogP contribution in [0.15, 0.2) is 173 Å². The molecule has 2 heterocycles. The van der Waals surface area contributed by atoms with Crippen molar-refractivity contribution in [3.8, 4) is 0 Å². The van der Waals surface area contributed by atoms with Gasteiger partial charge in [0.2, 0.25) is 0 Å². The lowest BCUT2D eigenvalue weighted by atomic mass is 9.83. The molecule has 2 aliphatic rings. The summed E-state index contributed by atoms with van der Waals surface area (Å²) in [5, 5.41) is 10.6. The van der Waals surface area contributed by atoms with E-state index in [1.54, 1.807) is 0 Å². The molecule has 0 unspecified atom stereocenters. The Kier molecular flexibility index (Phi) is 16.5. The second-order valence-corrected chi connectivity index (χ2v) is 25.0. The zero-order chi connectivity index (χ0) is 57.1. The van der Waals surface area contributed by atoms with Crippen LogP contribution in [0.3, 0.4) is 0 Å². The number of para-hydroxylation sites is 4. The predicted molar refractivity (Wildman–Crippen MR) is 361 cm³/mol. The summed E-state index contributed by atoms with van der Waals surface area (Å²) in [5.74, 6) is 1.66. The molecule has 4 heteroatoms. The van der Waals surface area contributed by atoms with Gasteiger partial charge in [0.25, 0.3) is 0 Å². The van der Waals surface area contributed by atoms with Crippen molar-refractivity contribution >= 4 is 106 Å². The van der Waals surface area contributed by atoms with Gasteiger partial charge in [-0.05, 0) is 162 Å². The Balaban J connectivity index is 0.986. The largest absolute Gasteiger partial charge is 0.454 e. The van der Waals surface area contributed by atoms with Crippen LogP contribution in [-0.2, 0) is 6.42 Å². The average molecular weight is 1110 g/mol. The summed E-state index contributed by atoms with van der Waals surface area (Å²) in [6, 6.07) is 60.2. The van der Waals surface area contributed by atoms with E-state index in [9.17, 15) is 0 Å². The first-order chi connectivity index (χ1) is 41.5. The summed E-state index contributed by atoms with van der Waals surface area (Å²) in [4.78, 5) is 4.90. The first-order valence-electron chi connectivity index (χ1n) is 32.8. The number of rotatable bonds is 21. The monoisotopic (exact) mass is 1110 g/mol. The molecule has 2 aliphatic carbocycles. The molecule has 0 saturated heterocycles. The lowest BCUT2D eigenvalue weighted by Gasteiger charge is -2.30. The van der Waals surface area contributed by atoms with Crippen LogP contribution in [0, 0.1) is 0 Å². The van der Waals surface area contributed by atoms with Gasteiger partial charge in [-0.15, -0.1) is 0 Å². The molecular weight excluding hydrogens is 1020 g/mol. The van der Waals surface area contributed by atoms with Crippen molar-refractivity contribution in [3.63, 3.8) is 0 Å². The maximum absolute atomic E-state index is 7.35. The van der Waals surface area contributed by atoms with Crippen molar-refractivity contribution in [2.75, 3.05) is 9.80 Å². The number of anilines is 5. The van der Waals surface area contributed by atoms with Gasteiger partial charge in [0, 0.05) is 49.6 Å². The molecule has 2 aromatic heterocycles. The van der Waals surface area contributed by atoms with Gasteiger partial charge in [-0.25, -0.2) is 0 Å². The van der Waals surface area contributed by atoms with Crippen molar-refractivity contribution in [2.45, 2.75) is 180 Å². The van der Waals surface area contributed by atoms with E-state index in [1.165, 1.54) is 182 Å². The van der Waals surface area contributed by atoms with E-state index in [0.717, 1.165) is 85.6 Å². The first kappa shape index (κ1) is 55.6. The number of aryl methyl sites for hydroxylation is 1. The van der Waals surface area contributed by atoms with E-state index in [4.69, 9.17) is 15.4 Å². The van der Waals surface area contributed by atoms with Gasteiger partial charge in [-0.2, -0.15) is 0 Å². The highest BCUT2D eigenvalue weighted by Gasteiger charge is 2.28. The van der Waals surface area contributed by atoms with Crippen LogP contribution >= 0.6 is 0 Å². The number of hydrogen-bond donors (Lipinski definition) is 0. The fourth-order valence-corrected chi connectivity index (χ4v) is 15.3. The van der Waals surface area contributed by atoms with E-state index in [1.807, 2.05) is 0 Å². The molecule has 0 bridgehead atoms. The van der Waals surface area contributed by atoms with Gasteiger partial charge in [-0.1, -0.05) is 232 Å². The normalized spacial score (nSPS) is 14.8. The standard InChI is InChI=1S/C80H86N2O2/c1-6-10-11-12-13-16-31-62-32-21-34-67-69-36-23-38-73(79(69)83-77(62)67)81(63-47-40-58(41-48-63)56(25-7-2)26-8-3)54(5)65-51-45-61-46-53-72(71-52-44-55(9-4)75(65)76(61)71)82(64-49-42-59(43-50-64)57-27-17-14-18-28-57)74-39-24-37-70-68-35-22-33-66(78(68)84-80(70)74)60-29-19-15-20-30-60/h9,21-24,32-53,56-57,60H,5-8,10-20,25-31H2,1-4H3/b55-9-. The molecule has 428 valence electrons. The number of hydrogen-bond acceptors (Lipinski definition) is 4. The Labute approximate surface area is 499 Å². The van der Waals surface area contributed by atoms with E-state index in [-0.39, 0.29) is 0 Å². The van der Waals surface area contributed by atoms with Crippen LogP contribution in [0.5, 0.6) is 0 Å². The minimum atomic E-state index is 0.520. The van der Waals surface area contributed by atoms with E-state index in [2.05, 4.69) is 201 Å². The van der Waals surface area contributed by atoms with Crippen LogP contribution < -0.4 is 15.0 Å². The maximum atomic E-state index is 7.35. The van der Waals surface area contributed by atoms with Crippen LogP contribution in [0.25, 0.3) is 77.2 Å². The molecule has 13 rings (SSSR count). The number of furan rings is 2. The third kappa shape index (κ3) is 10.5. The number of unbranched alkanes of at least 4 members (excludes halogenated alkanes) is 5. The van der Waals surface area contributed by atoms with Crippen molar-refractivity contribution in [1.82, 2.24) is 0 Å². The fraction of sp³-hybridized carbons (Fsp3) is 0.350. The summed E-state index contributed by atoms with van der Waals surface area (Å²) in [6.07, 6.45) is 28.4. The highest BCUT2D eigenvalue weighted by molar-refractivity contribution is 6.21. The molecule has 9 aromatic carbocycles. The fourth-order valence-electron chi connectivity index (χ4n) is 15.3. The molecule has 4 nitrogen and oxygen atoms in total. The molecule has 11 aromatic rings. The predicted octanol–water partition coefficient (Wildman–Crippen LogP) is 24.3. The van der Waals surface area contributed by atoms with Crippen LogP contribution in [0.4, 0.5) is 28.4 Å². The van der Waals surface area contributed by atoms with Gasteiger partial charge in [0.15, 0.2) is 11.2 Å². The van der Waals surface area contributed by atoms with E-state index >= 15 is 0 Å². The van der Waals surface area contributed by atoms with E-state index < -0.39 is 0 Å². The van der Waals surface area contributed by atoms with Gasteiger partial charge in [0.05, 0.1) is 17.1 Å². The third-order valence-corrected chi connectivity index (χ3v) is 19.6. The Morgan fingerprint density at radius 1 is 0.500 bits per heavy atom. The zero-order valence-electron chi connectivity index (χ0n) is 50.6. The summed E-state index contributed by atoms with van der Waals surface area (Å²) < 4.78 is 14.6. The summed E-state index contributed by atoms with van der Waals surface area (Å²) in [7, 11) is 0. The molecule has 0 atom stereocenters. The van der Waals surface area contributed by atoms with E-state index in [0.29, 0.717) is 17.8 Å². The Morgan fingerprint density at radius 3 is 1.80 bits per heavy atom. The molecule has 0 radical (unpaired) electrons. The quantitative estimate of drug-likeness (QED) is 0.0672. The molecule has 0 N–H and O–H groups in total. The van der Waals surface area contributed by atoms with Gasteiger partial charge >= 0.3 is 0 Å². The van der Waals surface area contributed by atoms with Gasteiger partial charge in [0.1, 0.15) is 11.2 Å². The molecule has 2 saturated carbocycles. The zero-order valence-corrected chi connectivity index (χ0v) is 50.6. The molecule has 0 aliphatic heterocycles. The van der Waals surface area contributed by atoms with Crippen molar-refractivity contribution in [2.24, 2.45) is 0 Å². The second-order valence-electron chi connectivity index (χ2n) is 25.0. The maximum Gasteiger partial charge on any atom is 0.159 e. The molecule has 0 spiro atoms. The minimum absolute atomic E-state index is 0.520. The smallest absolute Gasteiger partial charge is 0.159 e. The van der Waals surface area contributed by atoms with Crippen LogP contribution in [-0.4, -0.2) is 0 Å². The van der Waals surface area contributed by atoms with Crippen LogP contribution in [0.1, 0.15) is 202 Å². The van der Waals surface area contributed by atoms with Crippen LogP contribution in [0.2, 0.25) is 0 Å². The SMILES string of the molecule is C=C(c1ccc2ccc(N(c3ccc(C4CCCCC4)cc3)c3cccc4c3oc3c(C5CCCCC5)cccc34)c3cc/c(=C/C)c1c23)N(c1ccc(C(CCC)CCC)cc1)c1cccc2c1oc1c(CCCCCCCC)cccc12.